The summed E-state index contributed by atoms with van der Waals surface area (Å²) in [6, 6.07) is 8.80. The topological polar surface area (TPSA) is 72.5 Å². The van der Waals surface area contributed by atoms with Crippen molar-refractivity contribution in [2.24, 2.45) is 0 Å². The van der Waals surface area contributed by atoms with E-state index in [1.165, 1.54) is 31.2 Å². The fraction of sp³-hybridized carbons (Fsp3) is 0.188. The lowest BCUT2D eigenvalue weighted by Gasteiger charge is -2.16. The molecule has 8 heteroatoms. The maximum absolute atomic E-state index is 13.7. The van der Waals surface area contributed by atoms with E-state index < -0.39 is 33.7 Å². The molecule has 128 valence electrons. The van der Waals surface area contributed by atoms with Gasteiger partial charge in [0.1, 0.15) is 17.7 Å². The number of hydrogen-bond acceptors (Lipinski definition) is 4. The van der Waals surface area contributed by atoms with Gasteiger partial charge in [-0.25, -0.2) is 22.0 Å². The van der Waals surface area contributed by atoms with Crippen molar-refractivity contribution in [1.82, 2.24) is 0 Å². The first-order chi connectivity index (χ1) is 11.2. The average Bonchev–Trinajstić information content (AvgIpc) is 2.45. The highest BCUT2D eigenvalue weighted by Crippen LogP contribution is 2.24. The summed E-state index contributed by atoms with van der Waals surface area (Å²) in [4.78, 5) is 12.3. The van der Waals surface area contributed by atoms with Crippen molar-refractivity contribution in [3.63, 3.8) is 0 Å². The minimum atomic E-state index is -3.58. The minimum absolute atomic E-state index is 0.0123. The molecule has 0 aliphatic rings. The lowest BCUT2D eigenvalue weighted by atomic mass is 10.1. The number of sulfonamides is 1. The summed E-state index contributed by atoms with van der Waals surface area (Å²) in [5.74, 6) is -2.41. The fourth-order valence-corrected chi connectivity index (χ4v) is 2.65. The Labute approximate surface area is 138 Å². The first-order valence-corrected chi connectivity index (χ1v) is 8.79. The van der Waals surface area contributed by atoms with Crippen molar-refractivity contribution in [3.05, 3.63) is 65.2 Å². The largest absolute Gasteiger partial charge is 0.454 e. The molecule has 0 fully saturated rings. The quantitative estimate of drug-likeness (QED) is 0.836. The number of nitrogens with one attached hydrogen (secondary N) is 1. The molecule has 2 rings (SSSR count). The number of hydrogen-bond donors (Lipinski definition) is 1. The van der Waals surface area contributed by atoms with Gasteiger partial charge in [0.2, 0.25) is 10.0 Å². The van der Waals surface area contributed by atoms with Crippen LogP contribution in [0, 0.1) is 11.6 Å². The Morgan fingerprint density at radius 2 is 1.83 bits per heavy atom. The van der Waals surface area contributed by atoms with E-state index in [0.29, 0.717) is 6.07 Å². The van der Waals surface area contributed by atoms with Crippen LogP contribution in [-0.4, -0.2) is 20.6 Å². The van der Waals surface area contributed by atoms with Gasteiger partial charge in [-0.2, -0.15) is 0 Å². The standard InChI is InChI=1S/C16H15F2NO4S/c1-10(12-8-7-11(17)9-14(12)18)23-16(20)13-5-3-4-6-15(13)19-24(2,21)22/h3-10,19H,1-2H3. The van der Waals surface area contributed by atoms with Gasteiger partial charge in [-0.1, -0.05) is 12.1 Å². The van der Waals surface area contributed by atoms with Gasteiger partial charge in [0.15, 0.2) is 0 Å². The van der Waals surface area contributed by atoms with Crippen LogP contribution in [-0.2, 0) is 14.8 Å². The first-order valence-electron chi connectivity index (χ1n) is 6.90. The number of ether oxygens (including phenoxy) is 1. The Morgan fingerprint density at radius 1 is 1.17 bits per heavy atom. The molecule has 0 saturated heterocycles. The molecule has 0 amide bonds. The van der Waals surface area contributed by atoms with Crippen molar-refractivity contribution in [3.8, 4) is 0 Å². The number of rotatable bonds is 5. The third kappa shape index (κ3) is 4.51. The molecule has 0 aliphatic heterocycles. The van der Waals surface area contributed by atoms with E-state index in [9.17, 15) is 22.0 Å². The lowest BCUT2D eigenvalue weighted by Crippen LogP contribution is -2.16. The van der Waals surface area contributed by atoms with E-state index in [0.717, 1.165) is 12.3 Å². The third-order valence-corrected chi connectivity index (χ3v) is 3.72. The van der Waals surface area contributed by atoms with Crippen LogP contribution in [0.15, 0.2) is 42.5 Å². The number of para-hydroxylation sites is 1. The summed E-state index contributed by atoms with van der Waals surface area (Å²) in [6.07, 6.45) is -0.0320. The van der Waals surface area contributed by atoms with Crippen LogP contribution in [0.25, 0.3) is 0 Å². The molecule has 0 heterocycles. The lowest BCUT2D eigenvalue weighted by molar-refractivity contribution is 0.0332. The SMILES string of the molecule is CC(OC(=O)c1ccccc1NS(C)(=O)=O)c1ccc(F)cc1F. The van der Waals surface area contributed by atoms with Crippen LogP contribution in [0.1, 0.15) is 28.9 Å². The van der Waals surface area contributed by atoms with Gasteiger partial charge in [0.05, 0.1) is 17.5 Å². The van der Waals surface area contributed by atoms with Crippen LogP contribution in [0.5, 0.6) is 0 Å². The van der Waals surface area contributed by atoms with Crippen molar-refractivity contribution in [2.45, 2.75) is 13.0 Å². The van der Waals surface area contributed by atoms with Gasteiger partial charge in [0.25, 0.3) is 0 Å². The van der Waals surface area contributed by atoms with E-state index in [4.69, 9.17) is 4.74 Å². The molecular weight excluding hydrogens is 340 g/mol. The summed E-state index contributed by atoms with van der Waals surface area (Å²) in [5.41, 5.74) is 0.0485. The van der Waals surface area contributed by atoms with Gasteiger partial charge in [0, 0.05) is 11.6 Å². The highest BCUT2D eigenvalue weighted by atomic mass is 32.2. The molecule has 5 nitrogen and oxygen atoms in total. The van der Waals surface area contributed by atoms with E-state index in [2.05, 4.69) is 4.72 Å². The summed E-state index contributed by atoms with van der Waals surface area (Å²) >= 11 is 0. The highest BCUT2D eigenvalue weighted by Gasteiger charge is 2.20. The van der Waals surface area contributed by atoms with Crippen LogP contribution in [0.4, 0.5) is 14.5 Å². The maximum atomic E-state index is 13.7. The van der Waals surface area contributed by atoms with Crippen LogP contribution in [0.2, 0.25) is 0 Å². The van der Waals surface area contributed by atoms with Crippen molar-refractivity contribution in [2.75, 3.05) is 11.0 Å². The normalized spacial score (nSPS) is 12.5. The van der Waals surface area contributed by atoms with E-state index >= 15 is 0 Å². The second-order valence-corrected chi connectivity index (χ2v) is 6.88. The second-order valence-electron chi connectivity index (χ2n) is 5.13. The zero-order chi connectivity index (χ0) is 17.9. The molecule has 1 atom stereocenters. The molecule has 2 aromatic rings. The van der Waals surface area contributed by atoms with Crippen molar-refractivity contribution >= 4 is 21.7 Å². The average molecular weight is 355 g/mol. The molecule has 0 radical (unpaired) electrons. The van der Waals surface area contributed by atoms with Crippen LogP contribution < -0.4 is 4.72 Å². The fourth-order valence-electron chi connectivity index (χ4n) is 2.07. The molecule has 0 aromatic heterocycles. The van der Waals surface area contributed by atoms with E-state index in [1.54, 1.807) is 6.07 Å². The highest BCUT2D eigenvalue weighted by molar-refractivity contribution is 7.92. The Hall–Kier alpha value is -2.48. The molecular formula is C16H15F2NO4S. The van der Waals surface area contributed by atoms with E-state index in [-0.39, 0.29) is 16.8 Å². The smallest absolute Gasteiger partial charge is 0.340 e. The maximum Gasteiger partial charge on any atom is 0.340 e. The Balaban J connectivity index is 2.24. The predicted molar refractivity (Wildman–Crippen MR) is 85.1 cm³/mol. The van der Waals surface area contributed by atoms with E-state index in [1.807, 2.05) is 0 Å². The Kier molecular flexibility index (Phi) is 5.18. The molecule has 0 bridgehead atoms. The molecule has 1 unspecified atom stereocenters. The predicted octanol–water partition coefficient (Wildman–Crippen LogP) is 3.25. The molecule has 0 aliphatic carbocycles. The molecule has 0 spiro atoms. The number of esters is 1. The van der Waals surface area contributed by atoms with Crippen molar-refractivity contribution < 1.29 is 26.7 Å². The van der Waals surface area contributed by atoms with Crippen LogP contribution in [0.3, 0.4) is 0 Å². The number of halogens is 2. The molecule has 0 saturated carbocycles. The molecule has 1 N–H and O–H groups in total. The zero-order valence-corrected chi connectivity index (χ0v) is 13.7. The third-order valence-electron chi connectivity index (χ3n) is 3.13. The summed E-state index contributed by atoms with van der Waals surface area (Å²) in [6.45, 7) is 1.43. The number of benzene rings is 2. The van der Waals surface area contributed by atoms with Gasteiger partial charge in [-0.05, 0) is 31.2 Å². The number of anilines is 1. The number of carbonyl (C=O) groups excluding carboxylic acids is 1. The molecule has 24 heavy (non-hydrogen) atoms. The number of carbonyl (C=O) groups is 1. The Bertz CT molecular complexity index is 868. The van der Waals surface area contributed by atoms with Gasteiger partial charge in [-0.15, -0.1) is 0 Å². The van der Waals surface area contributed by atoms with Crippen molar-refractivity contribution in [1.29, 1.82) is 0 Å². The van der Waals surface area contributed by atoms with Gasteiger partial charge < -0.3 is 4.74 Å². The minimum Gasteiger partial charge on any atom is -0.454 e. The zero-order valence-electron chi connectivity index (χ0n) is 12.9. The first kappa shape index (κ1) is 17.9. The van der Waals surface area contributed by atoms with Gasteiger partial charge >= 0.3 is 5.97 Å². The summed E-state index contributed by atoms with van der Waals surface area (Å²) < 4.78 is 56.7. The Morgan fingerprint density at radius 3 is 2.46 bits per heavy atom. The monoisotopic (exact) mass is 355 g/mol. The second kappa shape index (κ2) is 6.96. The summed E-state index contributed by atoms with van der Waals surface area (Å²) in [7, 11) is -3.58. The summed E-state index contributed by atoms with van der Waals surface area (Å²) in [5, 5.41) is 0. The van der Waals surface area contributed by atoms with Crippen LogP contribution >= 0.6 is 0 Å². The molecule has 2 aromatic carbocycles. The van der Waals surface area contributed by atoms with Gasteiger partial charge in [-0.3, -0.25) is 4.72 Å².